The molecule has 132 valence electrons. The van der Waals surface area contributed by atoms with Crippen molar-refractivity contribution in [3.63, 3.8) is 0 Å². The smallest absolute Gasteiger partial charge is 0.224 e. The number of carbonyl (C=O) groups excluding carboxylic acids is 1. The Bertz CT molecular complexity index is 959. The molecular formula is C20H20N4O2. The van der Waals surface area contributed by atoms with E-state index in [0.29, 0.717) is 19.4 Å². The molecule has 1 aliphatic heterocycles. The quantitative estimate of drug-likeness (QED) is 0.744. The van der Waals surface area contributed by atoms with Gasteiger partial charge in [0.15, 0.2) is 0 Å². The fourth-order valence-electron chi connectivity index (χ4n) is 3.08. The van der Waals surface area contributed by atoms with Crippen molar-refractivity contribution in [3.8, 4) is 0 Å². The van der Waals surface area contributed by atoms with Crippen LogP contribution in [0.25, 0.3) is 11.0 Å². The number of benzene rings is 1. The number of fused-ring (bicyclic) bond motifs is 1. The highest BCUT2D eigenvalue weighted by Crippen LogP contribution is 2.18. The summed E-state index contributed by atoms with van der Waals surface area (Å²) in [5.74, 6) is -0.0397. The lowest BCUT2D eigenvalue weighted by Crippen LogP contribution is -2.33. The summed E-state index contributed by atoms with van der Waals surface area (Å²) >= 11 is 0. The van der Waals surface area contributed by atoms with E-state index in [1.165, 1.54) is 5.56 Å². The first-order valence-corrected chi connectivity index (χ1v) is 8.66. The predicted molar refractivity (Wildman–Crippen MR) is 100 cm³/mol. The van der Waals surface area contributed by atoms with E-state index in [1.54, 1.807) is 6.20 Å². The summed E-state index contributed by atoms with van der Waals surface area (Å²) < 4.78 is 0. The minimum absolute atomic E-state index is 0.0397. The van der Waals surface area contributed by atoms with E-state index >= 15 is 0 Å². The summed E-state index contributed by atoms with van der Waals surface area (Å²) in [5.41, 5.74) is 4.94. The van der Waals surface area contributed by atoms with Gasteiger partial charge in [-0.05, 0) is 30.2 Å². The molecule has 0 spiro atoms. The summed E-state index contributed by atoms with van der Waals surface area (Å²) in [7, 11) is 0. The van der Waals surface area contributed by atoms with Crippen LogP contribution in [0.5, 0.6) is 0 Å². The van der Waals surface area contributed by atoms with Gasteiger partial charge in [-0.3, -0.25) is 4.79 Å². The first kappa shape index (κ1) is 16.3. The monoisotopic (exact) mass is 348 g/mol. The van der Waals surface area contributed by atoms with Gasteiger partial charge >= 0.3 is 0 Å². The Morgan fingerprint density at radius 3 is 3.00 bits per heavy atom. The minimum atomic E-state index is -0.125. The molecule has 1 unspecified atom stereocenters. The Balaban J connectivity index is 1.30. The molecule has 1 aliphatic rings. The largest absolute Gasteiger partial charge is 0.390 e. The summed E-state index contributed by atoms with van der Waals surface area (Å²) in [4.78, 5) is 25.0. The molecule has 0 fully saturated rings. The average molecular weight is 348 g/mol. The van der Waals surface area contributed by atoms with Crippen LogP contribution in [-0.2, 0) is 16.1 Å². The lowest BCUT2D eigenvalue weighted by atomic mass is 10.0. The highest BCUT2D eigenvalue weighted by molar-refractivity contribution is 6.01. The van der Waals surface area contributed by atoms with Gasteiger partial charge in [0.05, 0.1) is 18.7 Å². The van der Waals surface area contributed by atoms with E-state index < -0.39 is 0 Å². The third-order valence-corrected chi connectivity index (χ3v) is 4.53. The molecule has 4 rings (SSSR count). The number of hydrogen-bond donors (Lipinski definition) is 2. The third kappa shape index (κ3) is 3.44. The first-order valence-electron chi connectivity index (χ1n) is 8.66. The number of oxime groups is 1. The Morgan fingerprint density at radius 2 is 2.15 bits per heavy atom. The number of rotatable bonds is 5. The van der Waals surface area contributed by atoms with Crippen LogP contribution in [0.1, 0.15) is 23.1 Å². The number of pyridine rings is 1. The van der Waals surface area contributed by atoms with Crippen molar-refractivity contribution in [1.82, 2.24) is 15.3 Å². The maximum Gasteiger partial charge on any atom is 0.224 e. The maximum absolute atomic E-state index is 12.3. The van der Waals surface area contributed by atoms with E-state index in [2.05, 4.69) is 39.5 Å². The molecule has 2 N–H and O–H groups in total. The molecule has 1 atom stereocenters. The standard InChI is InChI=1S/C20H20N4O2/c1-13-4-6-14(7-5-13)18-10-16(26-24-18)12-22-19(25)9-15-11-23-20-17(15)3-2-8-21-20/h2-8,11,16H,9-10,12H2,1H3,(H,21,23)(H,22,25). The number of hydrogen-bond acceptors (Lipinski definition) is 4. The van der Waals surface area contributed by atoms with Crippen molar-refractivity contribution in [2.24, 2.45) is 5.16 Å². The van der Waals surface area contributed by atoms with E-state index in [4.69, 9.17) is 4.84 Å². The number of nitrogens with zero attached hydrogens (tertiary/aromatic N) is 2. The van der Waals surface area contributed by atoms with Gasteiger partial charge in [-0.2, -0.15) is 0 Å². The number of aromatic amines is 1. The van der Waals surface area contributed by atoms with E-state index in [1.807, 2.05) is 30.5 Å². The molecule has 0 aliphatic carbocycles. The Morgan fingerprint density at radius 1 is 1.31 bits per heavy atom. The van der Waals surface area contributed by atoms with Gasteiger partial charge in [-0.1, -0.05) is 35.0 Å². The predicted octanol–water partition coefficient (Wildman–Crippen LogP) is 2.72. The highest BCUT2D eigenvalue weighted by atomic mass is 16.6. The zero-order valence-corrected chi connectivity index (χ0v) is 14.5. The second-order valence-corrected chi connectivity index (χ2v) is 6.53. The minimum Gasteiger partial charge on any atom is -0.390 e. The molecule has 0 radical (unpaired) electrons. The Kier molecular flexibility index (Phi) is 4.39. The molecule has 6 nitrogen and oxygen atoms in total. The van der Waals surface area contributed by atoms with Gasteiger partial charge in [0.2, 0.25) is 5.91 Å². The molecule has 0 bridgehead atoms. The van der Waals surface area contributed by atoms with Gasteiger partial charge in [-0.15, -0.1) is 0 Å². The Labute approximate surface area is 151 Å². The summed E-state index contributed by atoms with van der Waals surface area (Å²) in [6.45, 7) is 2.50. The van der Waals surface area contributed by atoms with Crippen LogP contribution in [0.3, 0.4) is 0 Å². The van der Waals surface area contributed by atoms with E-state index in [-0.39, 0.29) is 12.0 Å². The van der Waals surface area contributed by atoms with Crippen LogP contribution in [0.4, 0.5) is 0 Å². The van der Waals surface area contributed by atoms with Crippen LogP contribution >= 0.6 is 0 Å². The van der Waals surface area contributed by atoms with Crippen molar-refractivity contribution in [1.29, 1.82) is 0 Å². The molecule has 3 aromatic rings. The van der Waals surface area contributed by atoms with E-state index in [0.717, 1.165) is 27.9 Å². The Hall–Kier alpha value is -3.15. The second kappa shape index (κ2) is 7.00. The molecular weight excluding hydrogens is 328 g/mol. The molecule has 2 aromatic heterocycles. The molecule has 3 heterocycles. The van der Waals surface area contributed by atoms with Crippen LogP contribution in [0.15, 0.2) is 53.9 Å². The van der Waals surface area contributed by atoms with Gasteiger partial charge in [0, 0.05) is 24.2 Å². The van der Waals surface area contributed by atoms with Crippen molar-refractivity contribution < 1.29 is 9.63 Å². The van der Waals surface area contributed by atoms with E-state index in [9.17, 15) is 4.79 Å². The summed E-state index contributed by atoms with van der Waals surface area (Å²) in [6, 6.07) is 12.0. The van der Waals surface area contributed by atoms with Crippen LogP contribution in [0, 0.1) is 6.92 Å². The van der Waals surface area contributed by atoms with Crippen molar-refractivity contribution in [3.05, 3.63) is 65.5 Å². The van der Waals surface area contributed by atoms with Crippen LogP contribution < -0.4 is 5.32 Å². The molecule has 1 aromatic carbocycles. The molecule has 0 saturated carbocycles. The highest BCUT2D eigenvalue weighted by Gasteiger charge is 2.22. The topological polar surface area (TPSA) is 79.4 Å². The fourth-order valence-corrected chi connectivity index (χ4v) is 3.08. The fraction of sp³-hybridized carbons (Fsp3) is 0.250. The molecule has 26 heavy (non-hydrogen) atoms. The third-order valence-electron chi connectivity index (χ3n) is 4.53. The molecule has 6 heteroatoms. The lowest BCUT2D eigenvalue weighted by molar-refractivity contribution is -0.121. The first-order chi connectivity index (χ1) is 12.7. The lowest BCUT2D eigenvalue weighted by Gasteiger charge is -2.09. The van der Waals surface area contributed by atoms with Crippen molar-refractivity contribution >= 4 is 22.7 Å². The maximum atomic E-state index is 12.3. The van der Waals surface area contributed by atoms with Gasteiger partial charge < -0.3 is 15.1 Å². The normalized spacial score (nSPS) is 16.3. The number of nitrogens with one attached hydrogen (secondary N) is 2. The zero-order chi connectivity index (χ0) is 17.9. The van der Waals surface area contributed by atoms with Crippen LogP contribution in [-0.4, -0.2) is 34.2 Å². The number of aryl methyl sites for hydroxylation is 1. The zero-order valence-electron chi connectivity index (χ0n) is 14.5. The van der Waals surface area contributed by atoms with Crippen molar-refractivity contribution in [2.45, 2.75) is 25.9 Å². The second-order valence-electron chi connectivity index (χ2n) is 6.53. The summed E-state index contributed by atoms with van der Waals surface area (Å²) in [5, 5.41) is 8.08. The van der Waals surface area contributed by atoms with Gasteiger partial charge in [0.25, 0.3) is 0 Å². The van der Waals surface area contributed by atoms with Gasteiger partial charge in [-0.25, -0.2) is 4.98 Å². The number of aromatic nitrogens is 2. The van der Waals surface area contributed by atoms with Crippen molar-refractivity contribution in [2.75, 3.05) is 6.54 Å². The number of H-pyrrole nitrogens is 1. The van der Waals surface area contributed by atoms with Crippen LogP contribution in [0.2, 0.25) is 0 Å². The number of amides is 1. The number of carbonyl (C=O) groups is 1. The van der Waals surface area contributed by atoms with Gasteiger partial charge in [0.1, 0.15) is 11.8 Å². The summed E-state index contributed by atoms with van der Waals surface area (Å²) in [6.07, 6.45) is 4.44. The average Bonchev–Trinajstić information content (AvgIpc) is 3.28. The molecule has 1 amide bonds. The SMILES string of the molecule is Cc1ccc(C2=NOC(CNC(=O)Cc3c[nH]c4ncccc34)C2)cc1. The molecule has 0 saturated heterocycles.